The van der Waals surface area contributed by atoms with Crippen molar-refractivity contribution in [1.29, 1.82) is 0 Å². The van der Waals surface area contributed by atoms with Crippen LogP contribution in [0.4, 0.5) is 0 Å². The van der Waals surface area contributed by atoms with Crippen LogP contribution in [0.1, 0.15) is 26.7 Å². The van der Waals surface area contributed by atoms with Crippen molar-refractivity contribution in [2.75, 3.05) is 6.61 Å². The van der Waals surface area contributed by atoms with Gasteiger partial charge in [0.25, 0.3) is 0 Å². The van der Waals surface area contributed by atoms with Crippen molar-refractivity contribution < 1.29 is 9.84 Å². The van der Waals surface area contributed by atoms with Crippen molar-refractivity contribution in [3.05, 3.63) is 23.8 Å². The molecule has 15 heavy (non-hydrogen) atoms. The molecular formula is C13H18O2. The van der Waals surface area contributed by atoms with Crippen molar-refractivity contribution >= 4 is 0 Å². The zero-order valence-corrected chi connectivity index (χ0v) is 9.36. The van der Waals surface area contributed by atoms with Gasteiger partial charge in [0, 0.05) is 0 Å². The molecule has 0 aliphatic heterocycles. The summed E-state index contributed by atoms with van der Waals surface area (Å²) in [4.78, 5) is 0. The minimum Gasteiger partial charge on any atom is -0.393 e. The van der Waals surface area contributed by atoms with Gasteiger partial charge in [-0.25, -0.2) is 0 Å². The molecule has 0 heterocycles. The van der Waals surface area contributed by atoms with Gasteiger partial charge in [0.05, 0.1) is 12.2 Å². The van der Waals surface area contributed by atoms with Crippen LogP contribution in [0.15, 0.2) is 23.8 Å². The topological polar surface area (TPSA) is 29.5 Å². The molecule has 2 heteroatoms. The van der Waals surface area contributed by atoms with Gasteiger partial charge in [0.2, 0.25) is 0 Å². The molecule has 0 bridgehead atoms. The maximum Gasteiger partial charge on any atom is 0.108 e. The van der Waals surface area contributed by atoms with Gasteiger partial charge in [-0.05, 0) is 32.3 Å². The SMILES string of the molecule is CC#CCOC1C=CC(CC(C)O)=CC1. The fraction of sp³-hybridized carbons (Fsp3) is 0.538. The third-order valence-electron chi connectivity index (χ3n) is 2.21. The molecule has 0 saturated heterocycles. The Morgan fingerprint density at radius 2 is 2.47 bits per heavy atom. The van der Waals surface area contributed by atoms with Crippen LogP contribution in [0.5, 0.6) is 0 Å². The highest BCUT2D eigenvalue weighted by atomic mass is 16.5. The number of hydrogen-bond acceptors (Lipinski definition) is 2. The van der Waals surface area contributed by atoms with E-state index in [-0.39, 0.29) is 12.2 Å². The van der Waals surface area contributed by atoms with E-state index in [1.807, 2.05) is 12.2 Å². The predicted octanol–water partition coefficient (Wildman–Crippen LogP) is 2.05. The molecule has 82 valence electrons. The second-order valence-electron chi connectivity index (χ2n) is 3.70. The van der Waals surface area contributed by atoms with Crippen molar-refractivity contribution in [3.8, 4) is 11.8 Å². The van der Waals surface area contributed by atoms with Gasteiger partial charge in [-0.2, -0.15) is 0 Å². The van der Waals surface area contributed by atoms with Gasteiger partial charge >= 0.3 is 0 Å². The standard InChI is InChI=1S/C13H18O2/c1-3-4-9-15-13-7-5-12(6-8-13)10-11(2)14/h5-7,11,13-14H,8-10H2,1-2H3. The fourth-order valence-electron chi connectivity index (χ4n) is 1.48. The minimum atomic E-state index is -0.274. The highest BCUT2D eigenvalue weighted by Crippen LogP contribution is 2.17. The first-order chi connectivity index (χ1) is 7.22. The lowest BCUT2D eigenvalue weighted by atomic mass is 10.0. The Morgan fingerprint density at radius 3 is 3.00 bits per heavy atom. The van der Waals surface area contributed by atoms with E-state index < -0.39 is 0 Å². The van der Waals surface area contributed by atoms with Crippen LogP contribution < -0.4 is 0 Å². The third kappa shape index (κ3) is 4.83. The number of rotatable bonds is 4. The summed E-state index contributed by atoms with van der Waals surface area (Å²) in [6.45, 7) is 4.10. The van der Waals surface area contributed by atoms with E-state index in [4.69, 9.17) is 4.74 Å². The molecule has 2 unspecified atom stereocenters. The van der Waals surface area contributed by atoms with Crippen LogP contribution in [0.3, 0.4) is 0 Å². The monoisotopic (exact) mass is 206 g/mol. The first-order valence-corrected chi connectivity index (χ1v) is 5.29. The Kier molecular flexibility index (Phi) is 5.17. The van der Waals surface area contributed by atoms with Crippen LogP contribution in [-0.2, 0) is 4.74 Å². The highest BCUT2D eigenvalue weighted by molar-refractivity contribution is 5.25. The quantitative estimate of drug-likeness (QED) is 0.713. The maximum atomic E-state index is 9.22. The summed E-state index contributed by atoms with van der Waals surface area (Å²) in [6, 6.07) is 0. The number of aliphatic hydroxyl groups excluding tert-OH is 1. The largest absolute Gasteiger partial charge is 0.393 e. The molecule has 0 amide bonds. The van der Waals surface area contributed by atoms with Crippen molar-refractivity contribution in [1.82, 2.24) is 0 Å². The Hall–Kier alpha value is -1.04. The second kappa shape index (κ2) is 6.44. The Balaban J connectivity index is 2.31. The van der Waals surface area contributed by atoms with Gasteiger partial charge in [-0.1, -0.05) is 24.1 Å². The molecule has 0 radical (unpaired) electrons. The first-order valence-electron chi connectivity index (χ1n) is 5.29. The van der Waals surface area contributed by atoms with Crippen molar-refractivity contribution in [2.24, 2.45) is 0 Å². The van der Waals surface area contributed by atoms with Crippen molar-refractivity contribution in [2.45, 2.75) is 38.9 Å². The molecule has 1 rings (SSSR count). The molecule has 1 N–H and O–H groups in total. The molecule has 0 fully saturated rings. The zero-order chi connectivity index (χ0) is 11.1. The molecule has 0 saturated carbocycles. The summed E-state index contributed by atoms with van der Waals surface area (Å²) in [6.07, 6.45) is 7.65. The molecule has 2 atom stereocenters. The second-order valence-corrected chi connectivity index (χ2v) is 3.70. The first kappa shape index (κ1) is 12.0. The lowest BCUT2D eigenvalue weighted by molar-refractivity contribution is 0.114. The summed E-state index contributed by atoms with van der Waals surface area (Å²) in [5.41, 5.74) is 1.19. The molecule has 1 aliphatic carbocycles. The van der Waals surface area contributed by atoms with Crippen LogP contribution in [0.2, 0.25) is 0 Å². The Bertz CT molecular complexity index is 302. The van der Waals surface area contributed by atoms with E-state index in [1.165, 1.54) is 5.57 Å². The Labute approximate surface area is 91.6 Å². The summed E-state index contributed by atoms with van der Waals surface area (Å²) in [7, 11) is 0. The summed E-state index contributed by atoms with van der Waals surface area (Å²) in [5, 5.41) is 9.22. The van der Waals surface area contributed by atoms with Crippen LogP contribution in [-0.4, -0.2) is 23.9 Å². The lowest BCUT2D eigenvalue weighted by Gasteiger charge is -2.16. The van der Waals surface area contributed by atoms with E-state index in [1.54, 1.807) is 13.8 Å². The van der Waals surface area contributed by atoms with Crippen LogP contribution >= 0.6 is 0 Å². The Morgan fingerprint density at radius 1 is 1.67 bits per heavy atom. The smallest absolute Gasteiger partial charge is 0.108 e. The van der Waals surface area contributed by atoms with Gasteiger partial charge in [-0.15, -0.1) is 5.92 Å². The molecule has 1 aliphatic rings. The predicted molar refractivity (Wildman–Crippen MR) is 61.3 cm³/mol. The molecule has 0 spiro atoms. The van der Waals surface area contributed by atoms with Gasteiger partial charge < -0.3 is 9.84 Å². The summed E-state index contributed by atoms with van der Waals surface area (Å²) < 4.78 is 5.51. The fourth-order valence-corrected chi connectivity index (χ4v) is 1.48. The summed E-state index contributed by atoms with van der Waals surface area (Å²) in [5.74, 6) is 5.67. The molecular weight excluding hydrogens is 188 g/mol. The van der Waals surface area contributed by atoms with E-state index in [9.17, 15) is 5.11 Å². The molecule has 2 nitrogen and oxygen atoms in total. The van der Waals surface area contributed by atoms with Gasteiger partial charge in [-0.3, -0.25) is 0 Å². The number of allylic oxidation sites excluding steroid dienone is 1. The normalized spacial score (nSPS) is 21.5. The minimum absolute atomic E-state index is 0.142. The zero-order valence-electron chi connectivity index (χ0n) is 9.36. The number of ether oxygens (including phenoxy) is 1. The van der Waals surface area contributed by atoms with E-state index >= 15 is 0 Å². The van der Waals surface area contributed by atoms with E-state index in [0.717, 1.165) is 12.8 Å². The lowest BCUT2D eigenvalue weighted by Crippen LogP contribution is -2.13. The average Bonchev–Trinajstić information content (AvgIpc) is 2.20. The summed E-state index contributed by atoms with van der Waals surface area (Å²) >= 11 is 0. The van der Waals surface area contributed by atoms with Crippen LogP contribution in [0, 0.1) is 11.8 Å². The van der Waals surface area contributed by atoms with Crippen LogP contribution in [0.25, 0.3) is 0 Å². The third-order valence-corrected chi connectivity index (χ3v) is 2.21. The average molecular weight is 206 g/mol. The highest BCUT2D eigenvalue weighted by Gasteiger charge is 2.09. The number of hydrogen-bond donors (Lipinski definition) is 1. The van der Waals surface area contributed by atoms with E-state index in [2.05, 4.69) is 17.9 Å². The molecule has 0 aromatic carbocycles. The molecule has 0 aromatic rings. The number of aliphatic hydroxyl groups is 1. The van der Waals surface area contributed by atoms with E-state index in [0.29, 0.717) is 6.61 Å². The molecule has 0 aromatic heterocycles. The van der Waals surface area contributed by atoms with Crippen molar-refractivity contribution in [3.63, 3.8) is 0 Å². The van der Waals surface area contributed by atoms with Gasteiger partial charge in [0.1, 0.15) is 6.61 Å². The van der Waals surface area contributed by atoms with Gasteiger partial charge in [0.15, 0.2) is 0 Å². The maximum absolute atomic E-state index is 9.22.